The summed E-state index contributed by atoms with van der Waals surface area (Å²) < 4.78 is 13.3. The summed E-state index contributed by atoms with van der Waals surface area (Å²) in [6, 6.07) is 8.61. The van der Waals surface area contributed by atoms with Crippen molar-refractivity contribution in [1.82, 2.24) is 19.6 Å². The molecule has 5 rings (SSSR count). The number of likely N-dealkylation sites (tertiary alicyclic amines) is 1. The van der Waals surface area contributed by atoms with Gasteiger partial charge in [0.25, 0.3) is 0 Å². The fourth-order valence-corrected chi connectivity index (χ4v) is 4.91. The first-order valence-electron chi connectivity index (χ1n) is 11.7. The lowest BCUT2D eigenvalue weighted by atomic mass is 9.77. The van der Waals surface area contributed by atoms with E-state index in [9.17, 15) is 9.90 Å². The molecule has 1 amide bonds. The van der Waals surface area contributed by atoms with Gasteiger partial charge >= 0.3 is 6.09 Å². The van der Waals surface area contributed by atoms with Crippen molar-refractivity contribution >= 4 is 17.0 Å². The largest absolute Gasteiger partial charge is 0.444 e. The second-order valence-corrected chi connectivity index (χ2v) is 10.8. The molecular weight excluding hydrogens is 420 g/mol. The van der Waals surface area contributed by atoms with Gasteiger partial charge in [-0.25, -0.2) is 4.79 Å². The standard InChI is InChI=1S/C25H32N4O4/c1-24(2,3)32-23(30)28-10-7-17(8-11-28)22-26-21(27-33-22)18-6-5-16-9-12-29(20(16)13-18)19-14-25(4,31)15-19/h5-6,9,12-13,17,19,31H,7-8,10-11,14-15H2,1-4H3/t19-,25-. The Labute approximate surface area is 193 Å². The van der Waals surface area contributed by atoms with E-state index in [4.69, 9.17) is 14.2 Å². The van der Waals surface area contributed by atoms with Gasteiger partial charge in [-0.15, -0.1) is 0 Å². The Kier molecular flexibility index (Phi) is 5.23. The number of amides is 1. The van der Waals surface area contributed by atoms with E-state index in [0.717, 1.165) is 42.1 Å². The normalized spacial score (nSPS) is 24.2. The van der Waals surface area contributed by atoms with Crippen LogP contribution in [0.4, 0.5) is 4.79 Å². The van der Waals surface area contributed by atoms with Crippen molar-refractivity contribution < 1.29 is 19.2 Å². The molecule has 1 saturated carbocycles. The number of ether oxygens (including phenoxy) is 1. The Balaban J connectivity index is 1.28. The summed E-state index contributed by atoms with van der Waals surface area (Å²) in [6.07, 6.45) is 4.88. The van der Waals surface area contributed by atoms with Crippen molar-refractivity contribution in [2.75, 3.05) is 13.1 Å². The second-order valence-electron chi connectivity index (χ2n) is 10.8. The smallest absolute Gasteiger partial charge is 0.410 e. The number of nitrogens with zero attached hydrogens (tertiary/aromatic N) is 4. The van der Waals surface area contributed by atoms with Crippen LogP contribution in [0.2, 0.25) is 0 Å². The average Bonchev–Trinajstić information content (AvgIpc) is 3.38. The summed E-state index contributed by atoms with van der Waals surface area (Å²) in [5.41, 5.74) is 0.965. The van der Waals surface area contributed by atoms with Gasteiger partial charge in [0, 0.05) is 42.3 Å². The van der Waals surface area contributed by atoms with Crippen molar-refractivity contribution in [3.63, 3.8) is 0 Å². The Morgan fingerprint density at radius 3 is 2.61 bits per heavy atom. The summed E-state index contributed by atoms with van der Waals surface area (Å²) in [5, 5.41) is 15.5. The summed E-state index contributed by atoms with van der Waals surface area (Å²) >= 11 is 0. The highest BCUT2D eigenvalue weighted by atomic mass is 16.6. The quantitative estimate of drug-likeness (QED) is 0.608. The van der Waals surface area contributed by atoms with E-state index in [-0.39, 0.29) is 12.0 Å². The van der Waals surface area contributed by atoms with Gasteiger partial charge < -0.3 is 23.8 Å². The molecule has 0 atom stereocenters. The number of piperidine rings is 1. The predicted molar refractivity (Wildman–Crippen MR) is 124 cm³/mol. The number of aromatic nitrogens is 3. The Morgan fingerprint density at radius 1 is 1.21 bits per heavy atom. The Bertz CT molecular complexity index is 1160. The van der Waals surface area contributed by atoms with Crippen molar-refractivity contribution in [2.45, 2.75) is 76.5 Å². The molecule has 8 heteroatoms. The summed E-state index contributed by atoms with van der Waals surface area (Å²) in [5.74, 6) is 1.34. The fourth-order valence-electron chi connectivity index (χ4n) is 4.91. The maximum Gasteiger partial charge on any atom is 0.410 e. The molecule has 2 fully saturated rings. The SMILES string of the molecule is CC(C)(C)OC(=O)N1CCC(c2nc(-c3ccc4ccn([C@H]5C[C@](C)(O)C5)c4c3)no2)CC1. The molecule has 0 unspecified atom stereocenters. The van der Waals surface area contributed by atoms with Gasteiger partial charge in [0.05, 0.1) is 5.60 Å². The first kappa shape index (κ1) is 21.9. The lowest BCUT2D eigenvalue weighted by Gasteiger charge is -2.42. The molecule has 3 heterocycles. The molecule has 1 aromatic carbocycles. The van der Waals surface area contributed by atoms with Crippen molar-refractivity contribution in [1.29, 1.82) is 0 Å². The van der Waals surface area contributed by atoms with Crippen LogP contribution in [0.15, 0.2) is 35.0 Å². The zero-order valence-electron chi connectivity index (χ0n) is 19.7. The highest BCUT2D eigenvalue weighted by Gasteiger charge is 2.39. The third-order valence-corrected chi connectivity index (χ3v) is 6.66. The zero-order valence-corrected chi connectivity index (χ0v) is 19.7. The summed E-state index contributed by atoms with van der Waals surface area (Å²) in [7, 11) is 0. The Hall–Kier alpha value is -2.87. The van der Waals surface area contributed by atoms with E-state index in [1.54, 1.807) is 4.90 Å². The van der Waals surface area contributed by atoms with Gasteiger partial charge in [-0.05, 0) is 70.9 Å². The summed E-state index contributed by atoms with van der Waals surface area (Å²) in [4.78, 5) is 18.7. The van der Waals surface area contributed by atoms with E-state index in [2.05, 4.69) is 34.1 Å². The lowest BCUT2D eigenvalue weighted by molar-refractivity contribution is -0.0497. The van der Waals surface area contributed by atoms with Crippen LogP contribution in [0.1, 0.15) is 71.2 Å². The third kappa shape index (κ3) is 4.49. The number of hydrogen-bond donors (Lipinski definition) is 1. The highest BCUT2D eigenvalue weighted by Crippen LogP contribution is 2.42. The average molecular weight is 453 g/mol. The second kappa shape index (κ2) is 7.87. The van der Waals surface area contributed by atoms with E-state index in [0.29, 0.717) is 30.8 Å². The van der Waals surface area contributed by atoms with E-state index in [1.165, 1.54) is 0 Å². The van der Waals surface area contributed by atoms with Crippen LogP contribution in [0.25, 0.3) is 22.3 Å². The number of rotatable bonds is 3. The summed E-state index contributed by atoms with van der Waals surface area (Å²) in [6.45, 7) is 8.74. The number of carbonyl (C=O) groups is 1. The van der Waals surface area contributed by atoms with Crippen LogP contribution < -0.4 is 0 Å². The van der Waals surface area contributed by atoms with Gasteiger partial charge in [-0.2, -0.15) is 4.98 Å². The topological polar surface area (TPSA) is 93.6 Å². The highest BCUT2D eigenvalue weighted by molar-refractivity contribution is 5.84. The molecule has 33 heavy (non-hydrogen) atoms. The first-order chi connectivity index (χ1) is 15.6. The Morgan fingerprint density at radius 2 is 1.94 bits per heavy atom. The maximum atomic E-state index is 12.3. The van der Waals surface area contributed by atoms with Crippen molar-refractivity contribution in [2.24, 2.45) is 0 Å². The molecule has 0 spiro atoms. The number of benzene rings is 1. The molecule has 0 bridgehead atoms. The van der Waals surface area contributed by atoms with Gasteiger partial charge in [0.2, 0.25) is 11.7 Å². The molecular formula is C25H32N4O4. The monoisotopic (exact) mass is 452 g/mol. The van der Waals surface area contributed by atoms with Crippen molar-refractivity contribution in [3.05, 3.63) is 36.4 Å². The van der Waals surface area contributed by atoms with Gasteiger partial charge in [0.1, 0.15) is 5.60 Å². The fraction of sp³-hybridized carbons (Fsp3) is 0.560. The molecule has 1 N–H and O–H groups in total. The molecule has 176 valence electrons. The number of fused-ring (bicyclic) bond motifs is 1. The molecule has 0 radical (unpaired) electrons. The van der Waals surface area contributed by atoms with Gasteiger partial charge in [-0.1, -0.05) is 17.3 Å². The molecule has 3 aromatic rings. The predicted octanol–water partition coefficient (Wildman–Crippen LogP) is 4.89. The molecule has 1 saturated heterocycles. The minimum Gasteiger partial charge on any atom is -0.444 e. The molecule has 2 aliphatic rings. The molecule has 1 aliphatic heterocycles. The van der Waals surface area contributed by atoms with Crippen LogP contribution in [0, 0.1) is 0 Å². The maximum absolute atomic E-state index is 12.3. The van der Waals surface area contributed by atoms with Crippen LogP contribution in [0.3, 0.4) is 0 Å². The molecule has 8 nitrogen and oxygen atoms in total. The molecule has 1 aliphatic carbocycles. The van der Waals surface area contributed by atoms with Crippen LogP contribution >= 0.6 is 0 Å². The molecule has 2 aromatic heterocycles. The van der Waals surface area contributed by atoms with Crippen LogP contribution in [0.5, 0.6) is 0 Å². The van der Waals surface area contributed by atoms with Gasteiger partial charge in [-0.3, -0.25) is 0 Å². The minimum absolute atomic E-state index is 0.134. The van der Waals surface area contributed by atoms with E-state index >= 15 is 0 Å². The lowest BCUT2D eigenvalue weighted by Crippen LogP contribution is -2.41. The number of carbonyl (C=O) groups excluding carboxylic acids is 1. The van der Waals surface area contributed by atoms with E-state index in [1.807, 2.05) is 33.8 Å². The van der Waals surface area contributed by atoms with Crippen LogP contribution in [-0.4, -0.2) is 55.1 Å². The zero-order chi connectivity index (χ0) is 23.4. The number of hydrogen-bond acceptors (Lipinski definition) is 6. The van der Waals surface area contributed by atoms with Crippen molar-refractivity contribution in [3.8, 4) is 11.4 Å². The first-order valence-corrected chi connectivity index (χ1v) is 11.7. The van der Waals surface area contributed by atoms with Crippen LogP contribution in [-0.2, 0) is 4.74 Å². The van der Waals surface area contributed by atoms with Gasteiger partial charge in [0.15, 0.2) is 0 Å². The van der Waals surface area contributed by atoms with E-state index < -0.39 is 11.2 Å². The number of aliphatic hydroxyl groups is 1. The third-order valence-electron chi connectivity index (χ3n) is 6.66. The minimum atomic E-state index is -0.569.